The first-order valence-corrected chi connectivity index (χ1v) is 6.83. The number of carbonyl (C=O) groups excluding carboxylic acids is 1. The highest BCUT2D eigenvalue weighted by Crippen LogP contribution is 2.18. The van der Waals surface area contributed by atoms with Crippen LogP contribution in [0.3, 0.4) is 0 Å². The highest BCUT2D eigenvalue weighted by molar-refractivity contribution is 7.13. The van der Waals surface area contributed by atoms with E-state index in [9.17, 15) is 4.79 Å². The number of rotatable bonds is 1. The summed E-state index contributed by atoms with van der Waals surface area (Å²) in [5.41, 5.74) is 1.28. The Morgan fingerprint density at radius 1 is 1.33 bits per heavy atom. The summed E-state index contributed by atoms with van der Waals surface area (Å²) >= 11 is 1.52. The van der Waals surface area contributed by atoms with Crippen LogP contribution in [0.2, 0.25) is 0 Å². The molecule has 7 heteroatoms. The summed E-state index contributed by atoms with van der Waals surface area (Å²) in [6, 6.07) is 0. The third kappa shape index (κ3) is 3.32. The lowest BCUT2D eigenvalue weighted by Gasteiger charge is -2.35. The number of hydrogen-bond donors (Lipinski definition) is 0. The summed E-state index contributed by atoms with van der Waals surface area (Å²) in [6.07, 6.45) is -0.237. The van der Waals surface area contributed by atoms with Crippen LogP contribution in [0, 0.1) is 0 Å². The lowest BCUT2D eigenvalue weighted by Crippen LogP contribution is -2.50. The number of anilines is 1. The minimum absolute atomic E-state index is 0.237. The summed E-state index contributed by atoms with van der Waals surface area (Å²) in [7, 11) is 0. The monoisotopic (exact) mass is 270 g/mol. The third-order valence-corrected chi connectivity index (χ3v) is 3.30. The van der Waals surface area contributed by atoms with Crippen LogP contribution in [-0.2, 0) is 4.74 Å². The van der Waals surface area contributed by atoms with E-state index in [-0.39, 0.29) is 6.09 Å². The van der Waals surface area contributed by atoms with E-state index in [0.29, 0.717) is 13.1 Å². The normalized spacial score (nSPS) is 16.8. The van der Waals surface area contributed by atoms with Crippen LogP contribution < -0.4 is 4.90 Å². The molecule has 2 heterocycles. The average Bonchev–Trinajstić information content (AvgIpc) is 2.80. The number of piperazine rings is 1. The van der Waals surface area contributed by atoms with Gasteiger partial charge in [-0.2, -0.15) is 0 Å². The van der Waals surface area contributed by atoms with Gasteiger partial charge in [-0.3, -0.25) is 0 Å². The second-order valence-electron chi connectivity index (χ2n) is 5.18. The molecule has 0 radical (unpaired) electrons. The van der Waals surface area contributed by atoms with E-state index in [2.05, 4.69) is 15.1 Å². The van der Waals surface area contributed by atoms with Gasteiger partial charge in [-0.25, -0.2) is 4.79 Å². The molecule has 1 aliphatic heterocycles. The van der Waals surface area contributed by atoms with Gasteiger partial charge in [0.1, 0.15) is 11.1 Å². The fourth-order valence-electron chi connectivity index (χ4n) is 1.71. The molecule has 18 heavy (non-hydrogen) atoms. The molecule has 2 rings (SSSR count). The average molecular weight is 270 g/mol. The molecular weight excluding hydrogens is 252 g/mol. The number of carbonyl (C=O) groups is 1. The van der Waals surface area contributed by atoms with Crippen molar-refractivity contribution in [2.24, 2.45) is 0 Å². The van der Waals surface area contributed by atoms with E-state index in [1.165, 1.54) is 11.3 Å². The van der Waals surface area contributed by atoms with Crippen LogP contribution in [-0.4, -0.2) is 53.0 Å². The molecule has 100 valence electrons. The Hall–Kier alpha value is -1.37. The Kier molecular flexibility index (Phi) is 3.70. The molecule has 1 aromatic heterocycles. The van der Waals surface area contributed by atoms with E-state index in [4.69, 9.17) is 4.74 Å². The maximum Gasteiger partial charge on any atom is 0.410 e. The zero-order valence-electron chi connectivity index (χ0n) is 10.9. The quantitative estimate of drug-likeness (QED) is 0.775. The summed E-state index contributed by atoms with van der Waals surface area (Å²) in [6.45, 7) is 8.50. The van der Waals surface area contributed by atoms with Crippen LogP contribution in [0.15, 0.2) is 5.51 Å². The van der Waals surface area contributed by atoms with Gasteiger partial charge in [-0.1, -0.05) is 11.3 Å². The molecule has 1 fully saturated rings. The Morgan fingerprint density at radius 3 is 2.50 bits per heavy atom. The number of amides is 1. The Balaban J connectivity index is 1.85. The van der Waals surface area contributed by atoms with Crippen LogP contribution in [0.1, 0.15) is 20.8 Å². The molecule has 6 nitrogen and oxygen atoms in total. The molecule has 0 N–H and O–H groups in total. The summed E-state index contributed by atoms with van der Waals surface area (Å²) in [5, 5.41) is 8.77. The standard InChI is InChI=1S/C11H18N4O2S/c1-11(2,3)17-10(16)15-6-4-14(5-7-15)9-13-12-8-18-9/h8H,4-7H2,1-3H3. The fourth-order valence-corrected chi connectivity index (χ4v) is 2.33. The Morgan fingerprint density at radius 2 is 2.00 bits per heavy atom. The van der Waals surface area contributed by atoms with E-state index in [1.54, 1.807) is 10.4 Å². The molecule has 0 bridgehead atoms. The molecule has 0 spiro atoms. The molecule has 0 unspecified atom stereocenters. The second-order valence-corrected chi connectivity index (χ2v) is 5.99. The zero-order valence-corrected chi connectivity index (χ0v) is 11.7. The molecule has 0 aliphatic carbocycles. The van der Waals surface area contributed by atoms with Crippen molar-refractivity contribution in [2.45, 2.75) is 26.4 Å². The first kappa shape index (κ1) is 13.1. The second kappa shape index (κ2) is 5.09. The molecule has 0 atom stereocenters. The summed E-state index contributed by atoms with van der Waals surface area (Å²) in [5.74, 6) is 0. The first-order valence-electron chi connectivity index (χ1n) is 5.95. The Bertz CT molecular complexity index is 394. The maximum atomic E-state index is 11.9. The largest absolute Gasteiger partial charge is 0.444 e. The highest BCUT2D eigenvalue weighted by Gasteiger charge is 2.26. The third-order valence-electron chi connectivity index (χ3n) is 2.55. The van der Waals surface area contributed by atoms with Gasteiger partial charge in [-0.15, -0.1) is 10.2 Å². The van der Waals surface area contributed by atoms with Crippen molar-refractivity contribution in [3.8, 4) is 0 Å². The van der Waals surface area contributed by atoms with Gasteiger partial charge in [0.05, 0.1) is 0 Å². The maximum absolute atomic E-state index is 11.9. The summed E-state index contributed by atoms with van der Waals surface area (Å²) < 4.78 is 5.35. The number of aromatic nitrogens is 2. The van der Waals surface area contributed by atoms with E-state index in [1.807, 2.05) is 20.8 Å². The first-order chi connectivity index (χ1) is 8.46. The number of nitrogens with zero attached hydrogens (tertiary/aromatic N) is 4. The number of ether oxygens (including phenoxy) is 1. The lowest BCUT2D eigenvalue weighted by molar-refractivity contribution is 0.0240. The van der Waals surface area contributed by atoms with Crippen LogP contribution >= 0.6 is 11.3 Å². The lowest BCUT2D eigenvalue weighted by atomic mass is 10.2. The SMILES string of the molecule is CC(C)(C)OC(=O)N1CCN(c2nncs2)CC1. The van der Waals surface area contributed by atoms with Gasteiger partial charge in [0, 0.05) is 26.2 Å². The van der Waals surface area contributed by atoms with Crippen molar-refractivity contribution >= 4 is 22.6 Å². The van der Waals surface area contributed by atoms with Crippen molar-refractivity contribution in [1.29, 1.82) is 0 Å². The van der Waals surface area contributed by atoms with Gasteiger partial charge in [-0.05, 0) is 20.8 Å². The van der Waals surface area contributed by atoms with Crippen molar-refractivity contribution in [3.63, 3.8) is 0 Å². The van der Waals surface area contributed by atoms with E-state index in [0.717, 1.165) is 18.2 Å². The van der Waals surface area contributed by atoms with Crippen molar-refractivity contribution in [3.05, 3.63) is 5.51 Å². The number of hydrogen-bond acceptors (Lipinski definition) is 6. The predicted octanol–water partition coefficient (Wildman–Crippen LogP) is 1.60. The van der Waals surface area contributed by atoms with Crippen LogP contribution in [0.4, 0.5) is 9.93 Å². The van der Waals surface area contributed by atoms with Crippen molar-refractivity contribution in [2.75, 3.05) is 31.1 Å². The predicted molar refractivity (Wildman–Crippen MR) is 69.9 cm³/mol. The van der Waals surface area contributed by atoms with Crippen molar-refractivity contribution < 1.29 is 9.53 Å². The minimum atomic E-state index is -0.437. The minimum Gasteiger partial charge on any atom is -0.444 e. The summed E-state index contributed by atoms with van der Waals surface area (Å²) in [4.78, 5) is 15.7. The fraction of sp³-hybridized carbons (Fsp3) is 0.727. The van der Waals surface area contributed by atoms with Crippen LogP contribution in [0.25, 0.3) is 0 Å². The molecule has 0 aromatic carbocycles. The van der Waals surface area contributed by atoms with E-state index >= 15 is 0 Å². The molecular formula is C11H18N4O2S. The molecule has 1 saturated heterocycles. The molecule has 1 aliphatic rings. The highest BCUT2D eigenvalue weighted by atomic mass is 32.1. The van der Waals surface area contributed by atoms with Gasteiger partial charge in [0.2, 0.25) is 5.13 Å². The van der Waals surface area contributed by atoms with Gasteiger partial charge in [0.15, 0.2) is 0 Å². The molecule has 0 saturated carbocycles. The van der Waals surface area contributed by atoms with Crippen LogP contribution in [0.5, 0.6) is 0 Å². The van der Waals surface area contributed by atoms with Gasteiger partial charge >= 0.3 is 6.09 Å². The topological polar surface area (TPSA) is 58.6 Å². The van der Waals surface area contributed by atoms with Crippen molar-refractivity contribution in [1.82, 2.24) is 15.1 Å². The Labute approximate surface area is 111 Å². The smallest absolute Gasteiger partial charge is 0.410 e. The van der Waals surface area contributed by atoms with Gasteiger partial charge < -0.3 is 14.5 Å². The van der Waals surface area contributed by atoms with Gasteiger partial charge in [0.25, 0.3) is 0 Å². The molecule has 1 aromatic rings. The van der Waals surface area contributed by atoms with E-state index < -0.39 is 5.60 Å². The zero-order chi connectivity index (χ0) is 13.2. The molecule has 1 amide bonds.